The monoisotopic (exact) mass is 620 g/mol. The number of alkyl halides is 2. The molecule has 13 heteroatoms. The van der Waals surface area contributed by atoms with Crippen molar-refractivity contribution in [2.24, 2.45) is 18.9 Å². The summed E-state index contributed by atoms with van der Waals surface area (Å²) in [5.74, 6) is 0.886. The number of carbonyl (C=O) groups excluding carboxylic acids is 1. The van der Waals surface area contributed by atoms with Crippen LogP contribution in [0.25, 0.3) is 22.3 Å². The second-order valence-corrected chi connectivity index (χ2v) is 12.5. The summed E-state index contributed by atoms with van der Waals surface area (Å²) in [6.45, 7) is 6.02. The molecular weight excluding hydrogens is 582 g/mol. The molecule has 4 aromatic rings. The van der Waals surface area contributed by atoms with E-state index in [1.54, 1.807) is 27.1 Å². The second kappa shape index (κ2) is 12.0. The normalized spacial score (nSPS) is 22.0. The van der Waals surface area contributed by atoms with Gasteiger partial charge in [0, 0.05) is 63.3 Å². The summed E-state index contributed by atoms with van der Waals surface area (Å²) in [7, 11) is 3.31. The summed E-state index contributed by atoms with van der Waals surface area (Å²) in [6.07, 6.45) is 0.00650. The number of fused-ring (bicyclic) bond motifs is 9. The van der Waals surface area contributed by atoms with Crippen LogP contribution in [0.3, 0.4) is 0 Å². The molecule has 1 aromatic carbocycles. The highest BCUT2D eigenvalue weighted by molar-refractivity contribution is 6.05. The second-order valence-electron chi connectivity index (χ2n) is 12.5. The molecule has 4 bridgehead atoms. The molecule has 0 unspecified atom stereocenters. The van der Waals surface area contributed by atoms with Crippen molar-refractivity contribution in [3.8, 4) is 17.1 Å². The van der Waals surface area contributed by atoms with Gasteiger partial charge < -0.3 is 24.3 Å². The van der Waals surface area contributed by atoms with Crippen molar-refractivity contribution in [2.75, 3.05) is 50.2 Å². The predicted molar refractivity (Wildman–Crippen MR) is 166 cm³/mol. The lowest BCUT2D eigenvalue weighted by molar-refractivity contribution is 0.102. The number of aromatic nitrogens is 5. The average Bonchev–Trinajstić information content (AvgIpc) is 3.71. The molecule has 1 amide bonds. The minimum atomic E-state index is -2.84. The number of hydrogen-bond donors (Lipinski definition) is 2. The fourth-order valence-electron chi connectivity index (χ4n) is 7.10. The van der Waals surface area contributed by atoms with E-state index in [2.05, 4.69) is 42.3 Å². The van der Waals surface area contributed by atoms with Gasteiger partial charge in [0.05, 0.1) is 35.5 Å². The molecule has 11 nitrogen and oxygen atoms in total. The number of halogens is 2. The molecule has 1 saturated carbocycles. The Morgan fingerprint density at radius 1 is 1.13 bits per heavy atom. The molecule has 5 heterocycles. The van der Waals surface area contributed by atoms with E-state index in [9.17, 15) is 13.6 Å². The number of imidazole rings is 1. The number of carbonyl (C=O) groups is 1. The number of methoxy groups -OCH3 is 1. The number of amides is 1. The zero-order valence-corrected chi connectivity index (χ0v) is 25.7. The van der Waals surface area contributed by atoms with Crippen LogP contribution in [0, 0.1) is 18.8 Å². The van der Waals surface area contributed by atoms with Crippen LogP contribution in [0.15, 0.2) is 30.3 Å². The van der Waals surface area contributed by atoms with Crippen molar-refractivity contribution in [1.29, 1.82) is 0 Å². The van der Waals surface area contributed by atoms with E-state index in [4.69, 9.17) is 14.5 Å². The lowest BCUT2D eigenvalue weighted by Gasteiger charge is -2.35. The van der Waals surface area contributed by atoms with Gasteiger partial charge in [0.25, 0.3) is 12.3 Å². The Labute approximate surface area is 259 Å². The molecule has 1 saturated heterocycles. The van der Waals surface area contributed by atoms with Crippen molar-refractivity contribution in [1.82, 2.24) is 29.6 Å². The first-order valence-corrected chi connectivity index (χ1v) is 15.5. The number of aryl methyl sites for hydroxylation is 2. The Balaban J connectivity index is 1.30. The zero-order valence-electron chi connectivity index (χ0n) is 25.7. The van der Waals surface area contributed by atoms with Crippen molar-refractivity contribution < 1.29 is 23.0 Å². The summed E-state index contributed by atoms with van der Waals surface area (Å²) in [5, 5.41) is 10.6. The van der Waals surface area contributed by atoms with E-state index in [1.165, 1.54) is 10.7 Å². The Hall–Kier alpha value is -4.10. The van der Waals surface area contributed by atoms with E-state index in [0.29, 0.717) is 37.3 Å². The molecule has 2 N–H and O–H groups in total. The number of nitrogens with zero attached hydrogens (tertiary/aromatic N) is 6. The molecule has 0 spiro atoms. The summed E-state index contributed by atoms with van der Waals surface area (Å²) in [4.78, 5) is 25.6. The number of pyridine rings is 1. The molecule has 2 fully saturated rings. The van der Waals surface area contributed by atoms with Crippen LogP contribution in [-0.4, -0.2) is 76.2 Å². The molecule has 0 radical (unpaired) electrons. The maximum Gasteiger partial charge on any atom is 0.282 e. The smallest absolute Gasteiger partial charge is 0.282 e. The predicted octanol–water partition coefficient (Wildman–Crippen LogP) is 4.56. The van der Waals surface area contributed by atoms with Crippen LogP contribution < -0.4 is 20.3 Å². The van der Waals surface area contributed by atoms with Gasteiger partial charge in [0.1, 0.15) is 5.69 Å². The Bertz CT molecular complexity index is 1730. The van der Waals surface area contributed by atoms with Crippen LogP contribution in [-0.2, 0) is 18.3 Å². The minimum absolute atomic E-state index is 0.120. The number of nitrogens with one attached hydrogen (secondary N) is 2. The third-order valence-corrected chi connectivity index (χ3v) is 9.19. The maximum absolute atomic E-state index is 14.2. The number of hydrogen-bond acceptors (Lipinski definition) is 8. The summed E-state index contributed by atoms with van der Waals surface area (Å²) in [6, 6.07) is 9.67. The third-order valence-electron chi connectivity index (χ3n) is 9.19. The van der Waals surface area contributed by atoms with Gasteiger partial charge in [-0.05, 0) is 68.4 Å². The molecular formula is C32H38F2N8O3. The van der Waals surface area contributed by atoms with Gasteiger partial charge in [-0.25, -0.2) is 18.4 Å². The molecule has 238 valence electrons. The number of ether oxygens (including phenoxy) is 2. The van der Waals surface area contributed by atoms with Crippen LogP contribution in [0.4, 0.5) is 20.4 Å². The van der Waals surface area contributed by atoms with Crippen molar-refractivity contribution in [3.05, 3.63) is 47.3 Å². The minimum Gasteiger partial charge on any atom is -0.477 e. The molecule has 3 aliphatic rings. The zero-order chi connectivity index (χ0) is 31.2. The van der Waals surface area contributed by atoms with Gasteiger partial charge in [0.15, 0.2) is 0 Å². The molecule has 3 atom stereocenters. The summed E-state index contributed by atoms with van der Waals surface area (Å²) < 4.78 is 43.5. The molecule has 2 aliphatic heterocycles. The first-order chi connectivity index (χ1) is 21.8. The van der Waals surface area contributed by atoms with Crippen molar-refractivity contribution in [3.63, 3.8) is 0 Å². The number of anilines is 2. The first kappa shape index (κ1) is 29.6. The molecule has 45 heavy (non-hydrogen) atoms. The molecule has 1 aliphatic carbocycles. The largest absolute Gasteiger partial charge is 0.477 e. The van der Waals surface area contributed by atoms with Gasteiger partial charge in [-0.2, -0.15) is 5.10 Å². The highest BCUT2D eigenvalue weighted by Gasteiger charge is 2.32. The van der Waals surface area contributed by atoms with Crippen LogP contribution in [0.2, 0.25) is 0 Å². The lowest BCUT2D eigenvalue weighted by atomic mass is 10.1. The van der Waals surface area contributed by atoms with Gasteiger partial charge in [0.2, 0.25) is 11.8 Å². The SMILES string of the molecule is COC[C@@H]1CN(c2ccc3nc4n(c3c2)C[C@@H]2CC[C@H](COc3c(c(C(F)F)nn3C)-c3cc(cc(C)n3)C(=O)N4)C2)CCN1. The fourth-order valence-corrected chi connectivity index (χ4v) is 7.10. The van der Waals surface area contributed by atoms with E-state index in [0.717, 1.165) is 55.6 Å². The standard InChI is InChI=1S/C32H38F2N8O3/c1-18-10-21-12-25(36-18)27-28(29(33)34)39-40(2)31(27)45-16-20-5-4-19(11-20)14-42-26-13-23(41-9-8-35-22(15-41)17-44-3)6-7-24(26)37-32(42)38-30(21)43/h6-7,10,12-13,19-20,22,29,35H,4-5,8-9,11,14-17H2,1-3H3,(H,37,38,43)/t19-,20+,22+/m1/s1. The van der Waals surface area contributed by atoms with Crippen molar-refractivity contribution >= 4 is 28.6 Å². The number of piperazine rings is 1. The maximum atomic E-state index is 14.2. The Morgan fingerprint density at radius 2 is 1.98 bits per heavy atom. The average molecular weight is 621 g/mol. The van der Waals surface area contributed by atoms with Crippen LogP contribution in [0.1, 0.15) is 47.4 Å². The van der Waals surface area contributed by atoms with E-state index in [1.807, 2.05) is 6.07 Å². The number of benzene rings is 1. The highest BCUT2D eigenvalue weighted by atomic mass is 19.3. The first-order valence-electron chi connectivity index (χ1n) is 15.5. The van der Waals surface area contributed by atoms with Gasteiger partial charge in [-0.15, -0.1) is 0 Å². The van der Waals surface area contributed by atoms with Gasteiger partial charge in [-0.1, -0.05) is 0 Å². The topological polar surface area (TPSA) is 111 Å². The lowest BCUT2D eigenvalue weighted by Crippen LogP contribution is -2.52. The molecule has 3 aromatic heterocycles. The Kier molecular flexibility index (Phi) is 7.90. The highest BCUT2D eigenvalue weighted by Crippen LogP contribution is 2.40. The van der Waals surface area contributed by atoms with E-state index in [-0.39, 0.29) is 34.7 Å². The van der Waals surface area contributed by atoms with E-state index < -0.39 is 18.0 Å². The van der Waals surface area contributed by atoms with Crippen molar-refractivity contribution in [2.45, 2.75) is 45.2 Å². The third kappa shape index (κ3) is 5.74. The Morgan fingerprint density at radius 3 is 2.80 bits per heavy atom. The summed E-state index contributed by atoms with van der Waals surface area (Å²) >= 11 is 0. The van der Waals surface area contributed by atoms with E-state index >= 15 is 0 Å². The van der Waals surface area contributed by atoms with Crippen LogP contribution in [0.5, 0.6) is 5.88 Å². The molecule has 7 rings (SSSR count). The quantitative estimate of drug-likeness (QED) is 0.342. The number of rotatable bonds is 4. The van der Waals surface area contributed by atoms with Crippen LogP contribution >= 0.6 is 0 Å². The fraction of sp³-hybridized carbons (Fsp3) is 0.500. The summed E-state index contributed by atoms with van der Waals surface area (Å²) in [5.41, 5.74) is 3.58. The van der Waals surface area contributed by atoms with Gasteiger partial charge >= 0.3 is 0 Å². The van der Waals surface area contributed by atoms with Gasteiger partial charge in [-0.3, -0.25) is 15.1 Å².